The number of nitrogens with zero attached hydrogens (tertiary/aromatic N) is 4. The molecule has 0 fully saturated rings. The molecule has 6 nitrogen and oxygen atoms in total. The standard InChI is InChI=1S/C21H31FN6/c1-21(2,16-8-7-9-17(22)14-16)15-25-20(23-3)24-12-11-19-27-26-18-10-5-4-6-13-28(18)19/h7-9,14H,4-6,10-13,15H2,1-3H3,(H2,23,24,25). The van der Waals surface area contributed by atoms with Crippen molar-refractivity contribution in [2.24, 2.45) is 4.99 Å². The lowest BCUT2D eigenvalue weighted by Gasteiger charge is -2.26. The summed E-state index contributed by atoms with van der Waals surface area (Å²) in [5.74, 6) is 2.69. The third kappa shape index (κ3) is 5.09. The van der Waals surface area contributed by atoms with Gasteiger partial charge in [-0.15, -0.1) is 10.2 Å². The lowest BCUT2D eigenvalue weighted by Crippen LogP contribution is -2.44. The average Bonchev–Trinajstić information content (AvgIpc) is 2.91. The van der Waals surface area contributed by atoms with Crippen molar-refractivity contribution in [1.29, 1.82) is 0 Å². The van der Waals surface area contributed by atoms with Gasteiger partial charge in [0.05, 0.1) is 0 Å². The van der Waals surface area contributed by atoms with Gasteiger partial charge in [-0.3, -0.25) is 4.99 Å². The summed E-state index contributed by atoms with van der Waals surface area (Å²) < 4.78 is 15.8. The van der Waals surface area contributed by atoms with Gasteiger partial charge in [0.1, 0.15) is 17.5 Å². The molecule has 1 aromatic carbocycles. The van der Waals surface area contributed by atoms with Crippen LogP contribution >= 0.6 is 0 Å². The molecule has 1 aliphatic heterocycles. The van der Waals surface area contributed by atoms with Crippen LogP contribution in [0.1, 0.15) is 50.3 Å². The maximum absolute atomic E-state index is 13.5. The smallest absolute Gasteiger partial charge is 0.191 e. The SMILES string of the molecule is CN=C(NCCc1nnc2n1CCCCC2)NCC(C)(C)c1cccc(F)c1. The summed E-state index contributed by atoms with van der Waals surface area (Å²) >= 11 is 0. The van der Waals surface area contributed by atoms with Crippen molar-refractivity contribution in [1.82, 2.24) is 25.4 Å². The summed E-state index contributed by atoms with van der Waals surface area (Å²) in [6, 6.07) is 6.77. The number of rotatable bonds is 6. The highest BCUT2D eigenvalue weighted by atomic mass is 19.1. The molecular weight excluding hydrogens is 355 g/mol. The highest BCUT2D eigenvalue weighted by Crippen LogP contribution is 2.22. The molecule has 152 valence electrons. The van der Waals surface area contributed by atoms with Crippen LogP contribution in [0.2, 0.25) is 0 Å². The largest absolute Gasteiger partial charge is 0.356 e. The minimum Gasteiger partial charge on any atom is -0.356 e. The van der Waals surface area contributed by atoms with Crippen LogP contribution in [0.3, 0.4) is 0 Å². The second-order valence-electron chi connectivity index (χ2n) is 7.99. The first-order chi connectivity index (χ1) is 13.5. The van der Waals surface area contributed by atoms with Gasteiger partial charge in [-0.2, -0.15) is 0 Å². The Labute approximate surface area is 166 Å². The average molecular weight is 387 g/mol. The molecule has 0 saturated carbocycles. The van der Waals surface area contributed by atoms with Gasteiger partial charge in [0, 0.05) is 44.9 Å². The summed E-state index contributed by atoms with van der Waals surface area (Å²) in [4.78, 5) is 4.30. The number of hydrogen-bond acceptors (Lipinski definition) is 3. The van der Waals surface area contributed by atoms with Crippen LogP contribution in [0.4, 0.5) is 4.39 Å². The lowest BCUT2D eigenvalue weighted by molar-refractivity contribution is 0.503. The number of guanidine groups is 1. The maximum atomic E-state index is 13.5. The predicted octanol–water partition coefficient (Wildman–Crippen LogP) is 2.83. The van der Waals surface area contributed by atoms with E-state index in [1.54, 1.807) is 19.2 Å². The zero-order valence-corrected chi connectivity index (χ0v) is 17.1. The number of aromatic nitrogens is 3. The number of halogens is 1. The molecule has 0 amide bonds. The van der Waals surface area contributed by atoms with E-state index in [-0.39, 0.29) is 11.2 Å². The molecule has 28 heavy (non-hydrogen) atoms. The van der Waals surface area contributed by atoms with Gasteiger partial charge in [0.25, 0.3) is 0 Å². The van der Waals surface area contributed by atoms with E-state index in [9.17, 15) is 4.39 Å². The Kier molecular flexibility index (Phi) is 6.65. The van der Waals surface area contributed by atoms with E-state index < -0.39 is 0 Å². The van der Waals surface area contributed by atoms with Crippen molar-refractivity contribution in [3.63, 3.8) is 0 Å². The molecule has 0 aliphatic carbocycles. The van der Waals surface area contributed by atoms with Crippen molar-refractivity contribution in [3.8, 4) is 0 Å². The van der Waals surface area contributed by atoms with Crippen LogP contribution < -0.4 is 10.6 Å². The number of hydrogen-bond donors (Lipinski definition) is 2. The van der Waals surface area contributed by atoms with Crippen LogP contribution in [-0.4, -0.2) is 40.9 Å². The van der Waals surface area contributed by atoms with E-state index in [4.69, 9.17) is 0 Å². The fraction of sp³-hybridized carbons (Fsp3) is 0.571. The van der Waals surface area contributed by atoms with Crippen LogP contribution in [0.25, 0.3) is 0 Å². The Bertz CT molecular complexity index is 811. The Balaban J connectivity index is 1.51. The molecule has 0 saturated heterocycles. The normalized spacial score (nSPS) is 15.1. The molecule has 0 unspecified atom stereocenters. The Hall–Kier alpha value is -2.44. The van der Waals surface area contributed by atoms with Crippen molar-refractivity contribution in [2.45, 2.75) is 57.9 Å². The first-order valence-corrected chi connectivity index (χ1v) is 10.1. The molecule has 1 aliphatic rings. The van der Waals surface area contributed by atoms with E-state index in [1.165, 1.54) is 25.3 Å². The highest BCUT2D eigenvalue weighted by molar-refractivity contribution is 5.79. The van der Waals surface area contributed by atoms with E-state index >= 15 is 0 Å². The van der Waals surface area contributed by atoms with Gasteiger partial charge in [-0.1, -0.05) is 32.4 Å². The topological polar surface area (TPSA) is 67.1 Å². The number of nitrogens with one attached hydrogen (secondary N) is 2. The molecule has 1 aromatic heterocycles. The van der Waals surface area contributed by atoms with Crippen LogP contribution in [0, 0.1) is 5.82 Å². The second kappa shape index (κ2) is 9.17. The molecule has 0 spiro atoms. The minimum atomic E-state index is -0.218. The number of aryl methyl sites for hydroxylation is 1. The molecule has 0 atom stereocenters. The summed E-state index contributed by atoms with van der Waals surface area (Å²) in [6.45, 7) is 6.59. The molecule has 0 bridgehead atoms. The van der Waals surface area contributed by atoms with E-state index in [0.29, 0.717) is 6.54 Å². The van der Waals surface area contributed by atoms with Crippen LogP contribution in [-0.2, 0) is 24.8 Å². The van der Waals surface area contributed by atoms with Gasteiger partial charge in [-0.25, -0.2) is 4.39 Å². The second-order valence-corrected chi connectivity index (χ2v) is 7.99. The summed E-state index contributed by atoms with van der Waals surface area (Å²) in [5.41, 5.74) is 0.742. The van der Waals surface area contributed by atoms with Crippen molar-refractivity contribution in [2.75, 3.05) is 20.1 Å². The fourth-order valence-corrected chi connectivity index (χ4v) is 3.56. The third-order valence-corrected chi connectivity index (χ3v) is 5.35. The Morgan fingerprint density at radius 1 is 1.21 bits per heavy atom. The van der Waals surface area contributed by atoms with Crippen LogP contribution in [0.15, 0.2) is 29.3 Å². The van der Waals surface area contributed by atoms with Gasteiger partial charge in [0.2, 0.25) is 0 Å². The van der Waals surface area contributed by atoms with E-state index in [1.807, 2.05) is 6.07 Å². The Morgan fingerprint density at radius 3 is 2.86 bits per heavy atom. The maximum Gasteiger partial charge on any atom is 0.191 e. The molecular formula is C21H31FN6. The monoisotopic (exact) mass is 386 g/mol. The number of benzene rings is 1. The van der Waals surface area contributed by atoms with Gasteiger partial charge < -0.3 is 15.2 Å². The zero-order valence-electron chi connectivity index (χ0n) is 17.1. The lowest BCUT2D eigenvalue weighted by atomic mass is 9.84. The quantitative estimate of drug-likeness (QED) is 0.592. The summed E-state index contributed by atoms with van der Waals surface area (Å²) in [6.07, 6.45) is 5.50. The fourth-order valence-electron chi connectivity index (χ4n) is 3.56. The molecule has 3 rings (SSSR count). The molecule has 2 N–H and O–H groups in total. The molecule has 2 aromatic rings. The predicted molar refractivity (Wildman–Crippen MR) is 110 cm³/mol. The summed E-state index contributed by atoms with van der Waals surface area (Å²) in [5, 5.41) is 15.4. The van der Waals surface area contributed by atoms with Crippen LogP contribution in [0.5, 0.6) is 0 Å². The Morgan fingerprint density at radius 2 is 2.07 bits per heavy atom. The van der Waals surface area contributed by atoms with Crippen molar-refractivity contribution in [3.05, 3.63) is 47.3 Å². The first kappa shape index (κ1) is 20.3. The molecule has 2 heterocycles. The minimum absolute atomic E-state index is 0.208. The number of fused-ring (bicyclic) bond motifs is 1. The first-order valence-electron chi connectivity index (χ1n) is 10.1. The zero-order chi connectivity index (χ0) is 20.0. The number of aliphatic imine (C=N–C) groups is 1. The third-order valence-electron chi connectivity index (χ3n) is 5.35. The molecule has 7 heteroatoms. The van der Waals surface area contributed by atoms with Crippen molar-refractivity contribution < 1.29 is 4.39 Å². The van der Waals surface area contributed by atoms with E-state index in [0.717, 1.165) is 49.1 Å². The van der Waals surface area contributed by atoms with Gasteiger partial charge in [0.15, 0.2) is 5.96 Å². The highest BCUT2D eigenvalue weighted by Gasteiger charge is 2.21. The summed E-state index contributed by atoms with van der Waals surface area (Å²) in [7, 11) is 1.76. The molecule has 0 radical (unpaired) electrons. The van der Waals surface area contributed by atoms with Gasteiger partial charge in [-0.05, 0) is 30.5 Å². The van der Waals surface area contributed by atoms with Gasteiger partial charge >= 0.3 is 0 Å². The van der Waals surface area contributed by atoms with Crippen molar-refractivity contribution >= 4 is 5.96 Å². The van der Waals surface area contributed by atoms with E-state index in [2.05, 4.69) is 44.2 Å².